The van der Waals surface area contributed by atoms with Gasteiger partial charge in [0, 0.05) is 12.1 Å². The lowest BCUT2D eigenvalue weighted by Gasteiger charge is -2.41. The van der Waals surface area contributed by atoms with E-state index in [0.29, 0.717) is 6.42 Å². The molecule has 0 radical (unpaired) electrons. The van der Waals surface area contributed by atoms with Gasteiger partial charge in [0.15, 0.2) is 0 Å². The normalized spacial score (nSPS) is 26.2. The fourth-order valence-electron chi connectivity index (χ4n) is 2.92. The second-order valence-electron chi connectivity index (χ2n) is 9.08. The molecule has 0 aliphatic heterocycles. The summed E-state index contributed by atoms with van der Waals surface area (Å²) >= 11 is 0. The van der Waals surface area contributed by atoms with E-state index in [1.165, 1.54) is 0 Å². The number of ether oxygens (including phenoxy) is 1. The summed E-state index contributed by atoms with van der Waals surface area (Å²) in [6.45, 7) is 13.2. The standard InChI is InChI=1S/C18H36N2O3/c1-17(2,3)10-11-20(7)15-12-13(21)8-9-14(15)19-16(22)23-18(4,5)6/h13-15,21H,8-12H2,1-7H3,(H,19,22). The molecule has 5 nitrogen and oxygen atoms in total. The fourth-order valence-corrected chi connectivity index (χ4v) is 2.92. The van der Waals surface area contributed by atoms with Crippen LogP contribution >= 0.6 is 0 Å². The zero-order chi connectivity index (χ0) is 17.8. The average molecular weight is 328 g/mol. The Morgan fingerprint density at radius 3 is 2.35 bits per heavy atom. The Balaban J connectivity index is 2.65. The summed E-state index contributed by atoms with van der Waals surface area (Å²) in [5, 5.41) is 13.0. The highest BCUT2D eigenvalue weighted by Crippen LogP contribution is 2.26. The molecule has 0 saturated heterocycles. The van der Waals surface area contributed by atoms with Gasteiger partial charge in [0.25, 0.3) is 0 Å². The topological polar surface area (TPSA) is 61.8 Å². The van der Waals surface area contributed by atoms with Crippen molar-refractivity contribution < 1.29 is 14.6 Å². The molecule has 0 spiro atoms. The molecule has 0 bridgehead atoms. The minimum absolute atomic E-state index is 0.0261. The maximum absolute atomic E-state index is 12.1. The van der Waals surface area contributed by atoms with Crippen LogP contribution in [0.25, 0.3) is 0 Å². The second-order valence-corrected chi connectivity index (χ2v) is 9.08. The Morgan fingerprint density at radius 1 is 1.22 bits per heavy atom. The highest BCUT2D eigenvalue weighted by atomic mass is 16.6. The van der Waals surface area contributed by atoms with Crippen LogP contribution in [0.15, 0.2) is 0 Å². The van der Waals surface area contributed by atoms with Crippen molar-refractivity contribution >= 4 is 6.09 Å². The van der Waals surface area contributed by atoms with Crippen molar-refractivity contribution in [3.8, 4) is 0 Å². The molecule has 23 heavy (non-hydrogen) atoms. The Kier molecular flexibility index (Phi) is 6.90. The third-order valence-corrected chi connectivity index (χ3v) is 4.27. The molecule has 5 heteroatoms. The van der Waals surface area contributed by atoms with Gasteiger partial charge in [0.05, 0.1) is 6.10 Å². The van der Waals surface area contributed by atoms with E-state index in [0.717, 1.165) is 25.8 Å². The highest BCUT2D eigenvalue weighted by Gasteiger charge is 2.34. The summed E-state index contributed by atoms with van der Waals surface area (Å²) in [5.41, 5.74) is -0.221. The Labute approximate surface area is 141 Å². The number of aliphatic hydroxyl groups is 1. The quantitative estimate of drug-likeness (QED) is 0.832. The maximum Gasteiger partial charge on any atom is 0.407 e. The smallest absolute Gasteiger partial charge is 0.407 e. The van der Waals surface area contributed by atoms with Gasteiger partial charge in [-0.3, -0.25) is 0 Å². The van der Waals surface area contributed by atoms with E-state index < -0.39 is 5.60 Å². The van der Waals surface area contributed by atoms with E-state index in [2.05, 4.69) is 38.0 Å². The van der Waals surface area contributed by atoms with Crippen molar-refractivity contribution in [2.45, 2.75) is 91.0 Å². The number of aliphatic hydroxyl groups excluding tert-OH is 1. The molecule has 1 amide bonds. The molecular weight excluding hydrogens is 292 g/mol. The lowest BCUT2D eigenvalue weighted by molar-refractivity contribution is 0.0269. The predicted octanol–water partition coefficient (Wildman–Crippen LogP) is 3.16. The molecule has 2 N–H and O–H groups in total. The van der Waals surface area contributed by atoms with Crippen molar-refractivity contribution in [1.82, 2.24) is 10.2 Å². The number of alkyl carbamates (subject to hydrolysis) is 1. The van der Waals surface area contributed by atoms with E-state index in [1.807, 2.05) is 20.8 Å². The first kappa shape index (κ1) is 20.2. The third kappa shape index (κ3) is 8.02. The Hall–Kier alpha value is -0.810. The summed E-state index contributed by atoms with van der Waals surface area (Å²) in [4.78, 5) is 14.4. The Bertz CT molecular complexity index is 385. The maximum atomic E-state index is 12.1. The number of nitrogens with zero attached hydrogens (tertiary/aromatic N) is 1. The SMILES string of the molecule is CN(CCC(C)(C)C)C1CC(O)CCC1NC(=O)OC(C)(C)C. The summed E-state index contributed by atoms with van der Waals surface area (Å²) in [6, 6.07) is 0.173. The van der Waals surface area contributed by atoms with Gasteiger partial charge < -0.3 is 20.1 Å². The number of likely N-dealkylation sites (N-methyl/N-ethyl adjacent to an activating group) is 1. The van der Waals surface area contributed by atoms with Gasteiger partial charge in [-0.2, -0.15) is 0 Å². The highest BCUT2D eigenvalue weighted by molar-refractivity contribution is 5.68. The Morgan fingerprint density at radius 2 is 1.83 bits per heavy atom. The lowest BCUT2D eigenvalue weighted by Crippen LogP contribution is -2.55. The average Bonchev–Trinajstić information content (AvgIpc) is 2.35. The van der Waals surface area contributed by atoms with Gasteiger partial charge in [0.1, 0.15) is 5.60 Å². The van der Waals surface area contributed by atoms with E-state index in [9.17, 15) is 9.90 Å². The minimum atomic E-state index is -0.494. The fraction of sp³-hybridized carbons (Fsp3) is 0.944. The van der Waals surface area contributed by atoms with Gasteiger partial charge in [-0.1, -0.05) is 20.8 Å². The summed E-state index contributed by atoms with van der Waals surface area (Å²) in [6.07, 6.45) is 2.63. The van der Waals surface area contributed by atoms with Gasteiger partial charge in [0.2, 0.25) is 0 Å². The number of carbonyl (C=O) groups is 1. The van der Waals surface area contributed by atoms with E-state index >= 15 is 0 Å². The van der Waals surface area contributed by atoms with Crippen molar-refractivity contribution in [3.63, 3.8) is 0 Å². The van der Waals surface area contributed by atoms with Crippen LogP contribution in [0, 0.1) is 5.41 Å². The molecular formula is C18H36N2O3. The monoisotopic (exact) mass is 328 g/mol. The van der Waals surface area contributed by atoms with Crippen LogP contribution in [0.4, 0.5) is 4.79 Å². The number of carbonyl (C=O) groups excluding carboxylic acids is 1. The molecule has 1 saturated carbocycles. The number of rotatable bonds is 4. The van der Waals surface area contributed by atoms with Gasteiger partial charge in [-0.15, -0.1) is 0 Å². The molecule has 3 unspecified atom stereocenters. The van der Waals surface area contributed by atoms with Gasteiger partial charge in [-0.25, -0.2) is 4.79 Å². The second kappa shape index (κ2) is 7.84. The minimum Gasteiger partial charge on any atom is -0.444 e. The van der Waals surface area contributed by atoms with Crippen LogP contribution in [0.5, 0.6) is 0 Å². The predicted molar refractivity (Wildman–Crippen MR) is 93.5 cm³/mol. The molecule has 1 aliphatic rings. The van der Waals surface area contributed by atoms with Gasteiger partial charge >= 0.3 is 6.09 Å². The zero-order valence-electron chi connectivity index (χ0n) is 16.0. The van der Waals surface area contributed by atoms with Crippen LogP contribution in [0.1, 0.15) is 67.2 Å². The molecule has 1 rings (SSSR count). The van der Waals surface area contributed by atoms with E-state index in [-0.39, 0.29) is 29.7 Å². The molecule has 0 aromatic carbocycles. The molecule has 1 fully saturated rings. The van der Waals surface area contributed by atoms with Crippen molar-refractivity contribution in [1.29, 1.82) is 0 Å². The third-order valence-electron chi connectivity index (χ3n) is 4.27. The summed E-state index contributed by atoms with van der Waals surface area (Å²) < 4.78 is 5.38. The summed E-state index contributed by atoms with van der Waals surface area (Å²) in [5.74, 6) is 0. The van der Waals surface area contributed by atoms with Crippen molar-refractivity contribution in [2.75, 3.05) is 13.6 Å². The van der Waals surface area contributed by atoms with Crippen LogP contribution in [-0.2, 0) is 4.74 Å². The molecule has 0 aromatic rings. The first-order valence-electron chi connectivity index (χ1n) is 8.75. The summed E-state index contributed by atoms with van der Waals surface area (Å²) in [7, 11) is 2.08. The van der Waals surface area contributed by atoms with Gasteiger partial charge in [-0.05, 0) is 65.5 Å². The van der Waals surface area contributed by atoms with Crippen LogP contribution in [0.3, 0.4) is 0 Å². The molecule has 3 atom stereocenters. The molecule has 1 aliphatic carbocycles. The first-order valence-corrected chi connectivity index (χ1v) is 8.75. The first-order chi connectivity index (χ1) is 10.4. The number of hydrogen-bond acceptors (Lipinski definition) is 4. The van der Waals surface area contributed by atoms with Crippen LogP contribution in [-0.4, -0.2) is 53.5 Å². The van der Waals surface area contributed by atoms with Crippen molar-refractivity contribution in [2.24, 2.45) is 5.41 Å². The van der Waals surface area contributed by atoms with Crippen LogP contribution in [0.2, 0.25) is 0 Å². The van der Waals surface area contributed by atoms with Crippen LogP contribution < -0.4 is 5.32 Å². The zero-order valence-corrected chi connectivity index (χ0v) is 16.0. The van der Waals surface area contributed by atoms with E-state index in [4.69, 9.17) is 4.74 Å². The molecule has 0 heterocycles. The number of nitrogens with one attached hydrogen (secondary N) is 1. The molecule has 136 valence electrons. The number of hydrogen-bond donors (Lipinski definition) is 2. The molecule has 0 aromatic heterocycles. The number of amides is 1. The largest absolute Gasteiger partial charge is 0.444 e. The lowest BCUT2D eigenvalue weighted by atomic mass is 9.86. The van der Waals surface area contributed by atoms with E-state index in [1.54, 1.807) is 0 Å². The van der Waals surface area contributed by atoms with Crippen molar-refractivity contribution in [3.05, 3.63) is 0 Å².